The molecule has 0 spiro atoms. The molecule has 0 aromatic carbocycles. The highest BCUT2D eigenvalue weighted by Gasteiger charge is 2.16. The van der Waals surface area contributed by atoms with Gasteiger partial charge >= 0.3 is 0 Å². The third-order valence-corrected chi connectivity index (χ3v) is 1.38. The molecule has 12 heavy (non-hydrogen) atoms. The Bertz CT molecular complexity index is 132. The van der Waals surface area contributed by atoms with Crippen LogP contribution in [0.5, 0.6) is 0 Å². The minimum atomic E-state index is -0.0727. The van der Waals surface area contributed by atoms with Crippen LogP contribution in [-0.4, -0.2) is 11.7 Å². The monoisotopic (exact) mass is 168 g/mol. The minimum absolute atomic E-state index is 0.0727. The number of ether oxygens (including phenoxy) is 1. The molecule has 70 valence electrons. The van der Waals surface area contributed by atoms with E-state index in [1.165, 1.54) is 0 Å². The highest BCUT2D eigenvalue weighted by molar-refractivity contribution is 4.81. The largest absolute Gasteiger partial charge is 0.372 e. The van der Waals surface area contributed by atoms with Gasteiger partial charge in [-0.2, -0.15) is 0 Å². The highest BCUT2D eigenvalue weighted by atomic mass is 16.5. The molecule has 0 radical (unpaired) electrons. The van der Waals surface area contributed by atoms with Crippen molar-refractivity contribution in [2.45, 2.75) is 45.3 Å². The summed E-state index contributed by atoms with van der Waals surface area (Å²) < 4.78 is 5.78. The van der Waals surface area contributed by atoms with Crippen LogP contribution in [0.15, 0.2) is 25.3 Å². The van der Waals surface area contributed by atoms with Gasteiger partial charge in [0.2, 0.25) is 0 Å². The summed E-state index contributed by atoms with van der Waals surface area (Å²) in [6.45, 7) is 13.6. The van der Waals surface area contributed by atoms with Gasteiger partial charge < -0.3 is 4.74 Å². The standard InChI is InChI=1S/C11H20O/c1-6-8-10(9-7-2)12-11(3,4)5/h6-7,10H,1-2,8-9H2,3-5H3. The predicted octanol–water partition coefficient (Wildman–Crippen LogP) is 3.32. The van der Waals surface area contributed by atoms with Crippen molar-refractivity contribution in [3.63, 3.8) is 0 Å². The van der Waals surface area contributed by atoms with Gasteiger partial charge in [-0.15, -0.1) is 13.2 Å². The van der Waals surface area contributed by atoms with E-state index in [4.69, 9.17) is 4.74 Å². The van der Waals surface area contributed by atoms with Crippen LogP contribution >= 0.6 is 0 Å². The molecule has 0 rings (SSSR count). The van der Waals surface area contributed by atoms with Crippen LogP contribution in [0.2, 0.25) is 0 Å². The summed E-state index contributed by atoms with van der Waals surface area (Å²) in [6.07, 6.45) is 5.80. The Morgan fingerprint density at radius 3 is 1.83 bits per heavy atom. The molecule has 0 saturated carbocycles. The van der Waals surface area contributed by atoms with Crippen molar-refractivity contribution < 1.29 is 4.74 Å². The Morgan fingerprint density at radius 1 is 1.17 bits per heavy atom. The molecule has 1 nitrogen and oxygen atoms in total. The first kappa shape index (κ1) is 11.4. The number of rotatable bonds is 5. The maximum Gasteiger partial charge on any atom is 0.0650 e. The fourth-order valence-corrected chi connectivity index (χ4v) is 1.06. The highest BCUT2D eigenvalue weighted by Crippen LogP contribution is 2.15. The first-order valence-electron chi connectivity index (χ1n) is 4.39. The smallest absolute Gasteiger partial charge is 0.0650 e. The van der Waals surface area contributed by atoms with Gasteiger partial charge in [-0.05, 0) is 33.6 Å². The molecule has 0 saturated heterocycles. The Hall–Kier alpha value is -0.560. The molecule has 0 bridgehead atoms. The molecular weight excluding hydrogens is 148 g/mol. The van der Waals surface area contributed by atoms with Crippen molar-refractivity contribution in [1.82, 2.24) is 0 Å². The molecular formula is C11H20O. The Morgan fingerprint density at radius 2 is 1.58 bits per heavy atom. The first-order valence-corrected chi connectivity index (χ1v) is 4.39. The van der Waals surface area contributed by atoms with E-state index in [0.717, 1.165) is 12.8 Å². The Balaban J connectivity index is 3.93. The summed E-state index contributed by atoms with van der Waals surface area (Å²) in [5.74, 6) is 0. The first-order chi connectivity index (χ1) is 5.49. The fraction of sp³-hybridized carbons (Fsp3) is 0.636. The zero-order chi connectivity index (χ0) is 9.61. The lowest BCUT2D eigenvalue weighted by Gasteiger charge is -2.26. The van der Waals surface area contributed by atoms with Gasteiger partial charge in [0.1, 0.15) is 0 Å². The van der Waals surface area contributed by atoms with Gasteiger partial charge in [0.05, 0.1) is 11.7 Å². The molecule has 0 amide bonds. The average molecular weight is 168 g/mol. The predicted molar refractivity (Wildman–Crippen MR) is 54.3 cm³/mol. The second-order valence-electron chi connectivity index (χ2n) is 3.90. The minimum Gasteiger partial charge on any atom is -0.372 e. The molecule has 0 atom stereocenters. The average Bonchev–Trinajstić information content (AvgIpc) is 1.84. The van der Waals surface area contributed by atoms with Gasteiger partial charge in [0.25, 0.3) is 0 Å². The van der Waals surface area contributed by atoms with Crippen molar-refractivity contribution >= 4 is 0 Å². The van der Waals surface area contributed by atoms with Crippen molar-refractivity contribution in [3.05, 3.63) is 25.3 Å². The van der Waals surface area contributed by atoms with Gasteiger partial charge in [0.15, 0.2) is 0 Å². The second kappa shape index (κ2) is 5.15. The number of hydrogen-bond donors (Lipinski definition) is 0. The van der Waals surface area contributed by atoms with E-state index in [-0.39, 0.29) is 11.7 Å². The third-order valence-electron chi connectivity index (χ3n) is 1.38. The van der Waals surface area contributed by atoms with Crippen LogP contribution in [0.3, 0.4) is 0 Å². The van der Waals surface area contributed by atoms with E-state index < -0.39 is 0 Å². The van der Waals surface area contributed by atoms with Crippen LogP contribution in [-0.2, 0) is 4.74 Å². The number of hydrogen-bond acceptors (Lipinski definition) is 1. The van der Waals surface area contributed by atoms with Crippen molar-refractivity contribution in [1.29, 1.82) is 0 Å². The van der Waals surface area contributed by atoms with Crippen molar-refractivity contribution in [3.8, 4) is 0 Å². The molecule has 1 heteroatoms. The molecule has 0 heterocycles. The maximum atomic E-state index is 5.78. The molecule has 0 aliphatic heterocycles. The van der Waals surface area contributed by atoms with Crippen LogP contribution in [0.25, 0.3) is 0 Å². The quantitative estimate of drug-likeness (QED) is 0.572. The van der Waals surface area contributed by atoms with Gasteiger partial charge in [-0.25, -0.2) is 0 Å². The maximum absolute atomic E-state index is 5.78. The van der Waals surface area contributed by atoms with Crippen LogP contribution < -0.4 is 0 Å². The third kappa shape index (κ3) is 6.17. The molecule has 0 aromatic rings. The normalized spacial score (nSPS) is 11.7. The molecule has 0 aromatic heterocycles. The lowest BCUT2D eigenvalue weighted by molar-refractivity contribution is -0.0563. The van der Waals surface area contributed by atoms with E-state index in [1.54, 1.807) is 0 Å². The van der Waals surface area contributed by atoms with Crippen molar-refractivity contribution in [2.24, 2.45) is 0 Å². The van der Waals surface area contributed by atoms with E-state index >= 15 is 0 Å². The topological polar surface area (TPSA) is 9.23 Å². The second-order valence-corrected chi connectivity index (χ2v) is 3.90. The Labute approximate surface area is 76.1 Å². The zero-order valence-corrected chi connectivity index (χ0v) is 8.47. The van der Waals surface area contributed by atoms with E-state index in [2.05, 4.69) is 33.9 Å². The van der Waals surface area contributed by atoms with Crippen LogP contribution in [0.1, 0.15) is 33.6 Å². The van der Waals surface area contributed by atoms with E-state index in [1.807, 2.05) is 12.2 Å². The van der Waals surface area contributed by atoms with E-state index in [0.29, 0.717) is 0 Å². The fourth-order valence-electron chi connectivity index (χ4n) is 1.06. The summed E-state index contributed by atoms with van der Waals surface area (Å²) in [4.78, 5) is 0. The molecule has 0 aliphatic carbocycles. The van der Waals surface area contributed by atoms with Gasteiger partial charge in [-0.3, -0.25) is 0 Å². The molecule has 0 fully saturated rings. The summed E-state index contributed by atoms with van der Waals surface area (Å²) >= 11 is 0. The molecule has 0 unspecified atom stereocenters. The van der Waals surface area contributed by atoms with Crippen LogP contribution in [0.4, 0.5) is 0 Å². The zero-order valence-electron chi connectivity index (χ0n) is 8.47. The van der Waals surface area contributed by atoms with Crippen LogP contribution in [0, 0.1) is 0 Å². The summed E-state index contributed by atoms with van der Waals surface area (Å²) in [6, 6.07) is 0. The summed E-state index contributed by atoms with van der Waals surface area (Å²) in [7, 11) is 0. The lowest BCUT2D eigenvalue weighted by Crippen LogP contribution is -2.26. The molecule has 0 N–H and O–H groups in total. The lowest BCUT2D eigenvalue weighted by atomic mass is 10.1. The SMILES string of the molecule is C=CCC(CC=C)OC(C)(C)C. The van der Waals surface area contributed by atoms with Gasteiger partial charge in [0, 0.05) is 0 Å². The van der Waals surface area contributed by atoms with Gasteiger partial charge in [-0.1, -0.05) is 12.2 Å². The van der Waals surface area contributed by atoms with E-state index in [9.17, 15) is 0 Å². The van der Waals surface area contributed by atoms with Crippen molar-refractivity contribution in [2.75, 3.05) is 0 Å². The Kier molecular flexibility index (Phi) is 4.91. The molecule has 0 aliphatic rings. The summed E-state index contributed by atoms with van der Waals surface area (Å²) in [5.41, 5.74) is -0.0727. The summed E-state index contributed by atoms with van der Waals surface area (Å²) in [5, 5.41) is 0.